The lowest BCUT2D eigenvalue weighted by atomic mass is 10.1. The lowest BCUT2D eigenvalue weighted by Gasteiger charge is -2.12. The number of nitrogens with zero attached hydrogens (tertiary/aromatic N) is 3. The van der Waals surface area contributed by atoms with Crippen LogP contribution < -0.4 is 15.9 Å². The smallest absolute Gasteiger partial charge is 0.313 e. The van der Waals surface area contributed by atoms with Gasteiger partial charge < -0.3 is 25.8 Å². The van der Waals surface area contributed by atoms with Crippen LogP contribution in [0.25, 0.3) is 11.2 Å². The molecule has 1 aliphatic heterocycles. The van der Waals surface area contributed by atoms with Crippen LogP contribution in [0.1, 0.15) is 12.6 Å². The van der Waals surface area contributed by atoms with Gasteiger partial charge in [-0.25, -0.2) is 4.57 Å². The third-order valence-electron chi connectivity index (χ3n) is 4.28. The van der Waals surface area contributed by atoms with Crippen molar-refractivity contribution in [2.45, 2.75) is 37.5 Å². The second-order valence-electron chi connectivity index (χ2n) is 6.21. The van der Waals surface area contributed by atoms with Crippen molar-refractivity contribution in [3.05, 3.63) is 16.7 Å². The summed E-state index contributed by atoms with van der Waals surface area (Å²) in [6, 6.07) is 0. The topological polar surface area (TPSA) is 205 Å². The molecule has 1 aliphatic rings. The van der Waals surface area contributed by atoms with Crippen molar-refractivity contribution < 1.29 is 37.6 Å². The normalized spacial score (nSPS) is 26.1. The average molecular weight is 406 g/mol. The second kappa shape index (κ2) is 7.14. The molecule has 14 heteroatoms. The predicted octanol–water partition coefficient (Wildman–Crippen LogP) is -3.52. The van der Waals surface area contributed by atoms with E-state index in [1.807, 2.05) is 0 Å². The number of imidazole rings is 1. The Morgan fingerprint density at radius 3 is 2.67 bits per heavy atom. The maximum Gasteiger partial charge on any atom is 0.313 e. The first-order valence-electron chi connectivity index (χ1n) is 7.99. The van der Waals surface area contributed by atoms with Gasteiger partial charge >= 0.3 is 5.65 Å². The van der Waals surface area contributed by atoms with Gasteiger partial charge in [0.1, 0.15) is 18.3 Å². The number of hydrogen-bond donors (Lipinski definition) is 6. The number of aromatic nitrogens is 4. The molecule has 27 heavy (non-hydrogen) atoms. The van der Waals surface area contributed by atoms with Crippen molar-refractivity contribution >= 4 is 27.2 Å². The summed E-state index contributed by atoms with van der Waals surface area (Å²) in [7, 11) is -4.17. The van der Waals surface area contributed by atoms with Crippen LogP contribution in [-0.2, 0) is 21.4 Å². The summed E-state index contributed by atoms with van der Waals surface area (Å²) in [5.74, 6) is -0.704. The van der Waals surface area contributed by atoms with E-state index in [4.69, 9.17) is 15.0 Å². The number of hydrogen-bond acceptors (Lipinski definition) is 9. The highest BCUT2D eigenvalue weighted by atomic mass is 32.2. The van der Waals surface area contributed by atoms with Gasteiger partial charge in [0.25, 0.3) is 21.6 Å². The molecular weight excluding hydrogens is 386 g/mol. The number of aryl methyl sites for hydroxylation is 1. The molecule has 0 saturated carbocycles. The molecule has 0 aromatic carbocycles. The van der Waals surface area contributed by atoms with Gasteiger partial charge in [-0.1, -0.05) is 4.98 Å². The summed E-state index contributed by atoms with van der Waals surface area (Å²) in [6.07, 6.45) is -3.60. The molecule has 0 unspecified atom stereocenters. The standard InChI is InChI=1S/C13H19N5O8S/c14-13-15-10-7(11(22)16-13)17(2-1-3-27(23,24)25)5-18(10)12-9(21)8(20)6(4-19)26-12/h5-6,8-9,12,19-21H,1-4H2,(H3-,14,15,16,22,23,24,25)/p+1/t6-,8-,9-,12-/m1/s1. The van der Waals surface area contributed by atoms with Crippen molar-refractivity contribution in [3.8, 4) is 0 Å². The van der Waals surface area contributed by atoms with Crippen LogP contribution in [0.5, 0.6) is 0 Å². The maximum atomic E-state index is 12.3. The molecule has 0 amide bonds. The van der Waals surface area contributed by atoms with E-state index in [1.165, 1.54) is 15.5 Å². The van der Waals surface area contributed by atoms with Crippen molar-refractivity contribution in [1.82, 2.24) is 14.5 Å². The van der Waals surface area contributed by atoms with Gasteiger partial charge in [0.2, 0.25) is 11.7 Å². The third-order valence-corrected chi connectivity index (χ3v) is 5.09. The molecule has 0 radical (unpaired) electrons. The summed E-state index contributed by atoms with van der Waals surface area (Å²) in [5.41, 5.74) is 5.06. The van der Waals surface area contributed by atoms with E-state index < -0.39 is 52.6 Å². The zero-order valence-corrected chi connectivity index (χ0v) is 14.8. The number of nitrogens with one attached hydrogen (secondary N) is 1. The lowest BCUT2D eigenvalue weighted by molar-refractivity contribution is -0.746. The monoisotopic (exact) mass is 406 g/mol. The zero-order valence-electron chi connectivity index (χ0n) is 14.0. The first-order valence-corrected chi connectivity index (χ1v) is 9.60. The summed E-state index contributed by atoms with van der Waals surface area (Å²) < 4.78 is 38.8. The molecule has 1 fully saturated rings. The highest BCUT2D eigenvalue weighted by molar-refractivity contribution is 7.85. The molecule has 0 spiro atoms. The second-order valence-corrected chi connectivity index (χ2v) is 7.78. The van der Waals surface area contributed by atoms with E-state index in [0.29, 0.717) is 0 Å². The zero-order chi connectivity index (χ0) is 19.9. The van der Waals surface area contributed by atoms with Gasteiger partial charge in [0.15, 0.2) is 6.33 Å². The summed E-state index contributed by atoms with van der Waals surface area (Å²) >= 11 is 0. The van der Waals surface area contributed by atoms with Gasteiger partial charge in [0.05, 0.1) is 18.9 Å². The highest BCUT2D eigenvalue weighted by Gasteiger charge is 2.46. The van der Waals surface area contributed by atoms with Gasteiger partial charge in [-0.2, -0.15) is 8.42 Å². The first-order chi connectivity index (χ1) is 12.6. The van der Waals surface area contributed by atoms with Gasteiger partial charge in [0, 0.05) is 0 Å². The minimum Gasteiger partial charge on any atom is -0.394 e. The van der Waals surface area contributed by atoms with Crippen molar-refractivity contribution in [1.29, 1.82) is 0 Å². The van der Waals surface area contributed by atoms with Gasteiger partial charge in [-0.15, -0.1) is 0 Å². The number of nitrogen functional groups attached to an aromatic ring is 1. The quantitative estimate of drug-likeness (QED) is 0.206. The number of aromatic amines is 1. The lowest BCUT2D eigenvalue weighted by Crippen LogP contribution is -2.46. The SMILES string of the molecule is Nc1nc2c(c(=O)[nH]1)n(CCCS(=O)(=O)O)c[n+]2[C@@H]1O[C@H](CO)[C@@H](O)[C@H]1O. The summed E-state index contributed by atoms with van der Waals surface area (Å²) in [6.45, 7) is -0.495. The summed E-state index contributed by atoms with van der Waals surface area (Å²) in [4.78, 5) is 18.7. The molecule has 2 aromatic rings. The van der Waals surface area contributed by atoms with Crippen LogP contribution in [0.2, 0.25) is 0 Å². The molecule has 0 bridgehead atoms. The van der Waals surface area contributed by atoms with Crippen molar-refractivity contribution in [3.63, 3.8) is 0 Å². The van der Waals surface area contributed by atoms with Crippen LogP contribution in [0.3, 0.4) is 0 Å². The number of anilines is 1. The molecule has 7 N–H and O–H groups in total. The largest absolute Gasteiger partial charge is 0.394 e. The molecule has 13 nitrogen and oxygen atoms in total. The maximum absolute atomic E-state index is 12.3. The minimum atomic E-state index is -4.17. The molecular formula is C13H20N5O8S+. The Morgan fingerprint density at radius 1 is 1.37 bits per heavy atom. The van der Waals surface area contributed by atoms with Crippen LogP contribution in [-0.4, -0.2) is 73.5 Å². The Morgan fingerprint density at radius 2 is 2.07 bits per heavy atom. The molecule has 2 aromatic heterocycles. The van der Waals surface area contributed by atoms with E-state index in [-0.39, 0.29) is 30.1 Å². The van der Waals surface area contributed by atoms with Crippen LogP contribution in [0, 0.1) is 0 Å². The molecule has 150 valence electrons. The number of aliphatic hydroxyl groups excluding tert-OH is 3. The number of rotatable bonds is 6. The summed E-state index contributed by atoms with van der Waals surface area (Å²) in [5, 5.41) is 29.4. The van der Waals surface area contributed by atoms with Gasteiger partial charge in [-0.05, 0) is 6.42 Å². The van der Waals surface area contributed by atoms with E-state index >= 15 is 0 Å². The number of aliphatic hydroxyl groups is 3. The average Bonchev–Trinajstić information content (AvgIpc) is 3.05. The number of nitrogens with two attached hydrogens (primary N) is 1. The molecule has 1 saturated heterocycles. The number of ether oxygens (including phenoxy) is 1. The van der Waals surface area contributed by atoms with Crippen LogP contribution >= 0.6 is 0 Å². The fourth-order valence-corrected chi connectivity index (χ4v) is 3.55. The molecule has 0 aliphatic carbocycles. The van der Waals surface area contributed by atoms with Crippen molar-refractivity contribution in [2.24, 2.45) is 0 Å². The molecule has 3 heterocycles. The molecule has 3 rings (SSSR count). The fraction of sp³-hybridized carbons (Fsp3) is 0.615. The number of H-pyrrole nitrogens is 1. The first kappa shape index (κ1) is 19.7. The van der Waals surface area contributed by atoms with Crippen molar-refractivity contribution in [2.75, 3.05) is 18.1 Å². The van der Waals surface area contributed by atoms with E-state index in [1.54, 1.807) is 0 Å². The Hall–Kier alpha value is -2.10. The molecule has 4 atom stereocenters. The third kappa shape index (κ3) is 3.80. The Kier molecular flexibility index (Phi) is 5.20. The van der Waals surface area contributed by atoms with Crippen LogP contribution in [0.15, 0.2) is 11.1 Å². The van der Waals surface area contributed by atoms with E-state index in [2.05, 4.69) is 9.97 Å². The predicted molar refractivity (Wildman–Crippen MR) is 89.0 cm³/mol. The minimum absolute atomic E-state index is 0.00238. The van der Waals surface area contributed by atoms with Gasteiger partial charge in [-0.3, -0.25) is 18.9 Å². The fourth-order valence-electron chi connectivity index (χ4n) is 3.06. The Bertz CT molecular complexity index is 1000. The Balaban J connectivity index is 2.04. The Labute approximate surface area is 152 Å². The van der Waals surface area contributed by atoms with Crippen LogP contribution in [0.4, 0.5) is 5.95 Å². The van der Waals surface area contributed by atoms with E-state index in [0.717, 1.165) is 0 Å². The highest BCUT2D eigenvalue weighted by Crippen LogP contribution is 2.26. The van der Waals surface area contributed by atoms with E-state index in [9.17, 15) is 28.5 Å². The number of fused-ring (bicyclic) bond motifs is 1.